The molecule has 4 rings (SSSR count). The fourth-order valence-electron chi connectivity index (χ4n) is 3.88. The SMILES string of the molecule is C1=CC(C2CCC3=C(CC=C(OC4CCNCC4)C=C3)C2)=C1. The Morgan fingerprint density at radius 3 is 2.68 bits per heavy atom. The van der Waals surface area contributed by atoms with Crippen molar-refractivity contribution >= 4 is 0 Å². The number of allylic oxidation sites excluding steroid dienone is 9. The zero-order valence-corrected chi connectivity index (χ0v) is 13.2. The van der Waals surface area contributed by atoms with Gasteiger partial charge in [0.25, 0.3) is 0 Å². The van der Waals surface area contributed by atoms with E-state index >= 15 is 0 Å². The molecule has 1 saturated heterocycles. The zero-order chi connectivity index (χ0) is 14.8. The Balaban J connectivity index is 1.40. The van der Waals surface area contributed by atoms with Crippen LogP contribution in [0.1, 0.15) is 38.5 Å². The van der Waals surface area contributed by atoms with Crippen molar-refractivity contribution in [2.24, 2.45) is 5.92 Å². The molecule has 1 fully saturated rings. The van der Waals surface area contributed by atoms with E-state index in [9.17, 15) is 0 Å². The van der Waals surface area contributed by atoms with Gasteiger partial charge in [-0.1, -0.05) is 29.9 Å². The van der Waals surface area contributed by atoms with Gasteiger partial charge in [-0.15, -0.1) is 0 Å². The molecule has 3 aliphatic carbocycles. The fraction of sp³-hybridized carbons (Fsp3) is 0.500. The van der Waals surface area contributed by atoms with Crippen molar-refractivity contribution in [2.75, 3.05) is 13.1 Å². The maximum Gasteiger partial charge on any atom is 0.116 e. The Bertz CT molecular complexity index is 585. The summed E-state index contributed by atoms with van der Waals surface area (Å²) >= 11 is 0. The Labute approximate surface area is 133 Å². The number of hydrogen-bond acceptors (Lipinski definition) is 2. The van der Waals surface area contributed by atoms with Crippen LogP contribution >= 0.6 is 0 Å². The standard InChI is InChI=1S/C20H25NO/c1-2-15(3-1)17-5-4-16-6-8-19(9-7-18(16)14-17)22-20-10-12-21-13-11-20/h1-3,6,8-9,17,20-21H,4-5,7,10-14H2. The Hall–Kier alpha value is -1.54. The van der Waals surface area contributed by atoms with Crippen molar-refractivity contribution < 1.29 is 4.74 Å². The lowest BCUT2D eigenvalue weighted by Crippen LogP contribution is -2.32. The Morgan fingerprint density at radius 1 is 1.05 bits per heavy atom. The molecule has 0 radical (unpaired) electrons. The molecule has 0 saturated carbocycles. The smallest absolute Gasteiger partial charge is 0.116 e. The van der Waals surface area contributed by atoms with E-state index in [0.717, 1.165) is 44.0 Å². The molecule has 0 aromatic heterocycles. The van der Waals surface area contributed by atoms with Crippen LogP contribution in [0.25, 0.3) is 0 Å². The monoisotopic (exact) mass is 295 g/mol. The summed E-state index contributed by atoms with van der Waals surface area (Å²) in [5, 5.41) is 3.39. The molecule has 2 nitrogen and oxygen atoms in total. The molecule has 0 aromatic carbocycles. The van der Waals surface area contributed by atoms with Crippen molar-refractivity contribution in [1.29, 1.82) is 0 Å². The van der Waals surface area contributed by atoms with Gasteiger partial charge in [-0.05, 0) is 80.8 Å². The molecule has 1 heterocycles. The van der Waals surface area contributed by atoms with Crippen LogP contribution in [0.2, 0.25) is 0 Å². The summed E-state index contributed by atoms with van der Waals surface area (Å²) < 4.78 is 6.21. The normalized spacial score (nSPS) is 28.5. The molecule has 0 bridgehead atoms. The van der Waals surface area contributed by atoms with Gasteiger partial charge in [-0.3, -0.25) is 0 Å². The van der Waals surface area contributed by atoms with Gasteiger partial charge < -0.3 is 10.1 Å². The molecule has 2 heteroatoms. The van der Waals surface area contributed by atoms with Gasteiger partial charge in [0.1, 0.15) is 11.9 Å². The average Bonchev–Trinajstić information content (AvgIpc) is 2.69. The summed E-state index contributed by atoms with van der Waals surface area (Å²) in [4.78, 5) is 0. The van der Waals surface area contributed by atoms with Crippen LogP contribution < -0.4 is 5.32 Å². The van der Waals surface area contributed by atoms with E-state index < -0.39 is 0 Å². The van der Waals surface area contributed by atoms with Crippen molar-refractivity contribution in [3.8, 4) is 0 Å². The highest BCUT2D eigenvalue weighted by Crippen LogP contribution is 2.39. The fourth-order valence-corrected chi connectivity index (χ4v) is 3.88. The summed E-state index contributed by atoms with van der Waals surface area (Å²) in [6.07, 6.45) is 21.0. The number of nitrogens with one attached hydrogen (secondary N) is 1. The molecular formula is C20H25NO. The van der Waals surface area contributed by atoms with E-state index in [-0.39, 0.29) is 0 Å². The molecule has 0 spiro atoms. The lowest BCUT2D eigenvalue weighted by atomic mass is 9.77. The van der Waals surface area contributed by atoms with E-state index in [4.69, 9.17) is 4.74 Å². The van der Waals surface area contributed by atoms with Crippen molar-refractivity contribution in [2.45, 2.75) is 44.6 Å². The lowest BCUT2D eigenvalue weighted by molar-refractivity contribution is 0.0955. The van der Waals surface area contributed by atoms with Gasteiger partial charge in [0.05, 0.1) is 0 Å². The van der Waals surface area contributed by atoms with Crippen LogP contribution in [0.3, 0.4) is 0 Å². The first-order chi connectivity index (χ1) is 10.9. The van der Waals surface area contributed by atoms with Crippen molar-refractivity contribution in [3.05, 3.63) is 58.9 Å². The zero-order valence-electron chi connectivity index (χ0n) is 13.2. The molecular weight excluding hydrogens is 270 g/mol. The first kappa shape index (κ1) is 14.1. The maximum atomic E-state index is 6.21. The van der Waals surface area contributed by atoms with Crippen LogP contribution in [0, 0.1) is 5.92 Å². The largest absolute Gasteiger partial charge is 0.491 e. The second kappa shape index (κ2) is 6.29. The number of ether oxygens (including phenoxy) is 1. The number of piperidine rings is 1. The predicted octanol–water partition coefficient (Wildman–Crippen LogP) is 4.19. The molecule has 1 aliphatic heterocycles. The third-order valence-electron chi connectivity index (χ3n) is 5.35. The van der Waals surface area contributed by atoms with Crippen molar-refractivity contribution in [3.63, 3.8) is 0 Å². The highest BCUT2D eigenvalue weighted by atomic mass is 16.5. The molecule has 22 heavy (non-hydrogen) atoms. The lowest BCUT2D eigenvalue weighted by Gasteiger charge is -2.28. The highest BCUT2D eigenvalue weighted by Gasteiger charge is 2.24. The van der Waals surface area contributed by atoms with Crippen LogP contribution in [0.4, 0.5) is 0 Å². The van der Waals surface area contributed by atoms with Gasteiger partial charge >= 0.3 is 0 Å². The van der Waals surface area contributed by atoms with Gasteiger partial charge in [-0.25, -0.2) is 0 Å². The summed E-state index contributed by atoms with van der Waals surface area (Å²) in [5.74, 6) is 1.83. The Kier molecular flexibility index (Phi) is 4.03. The summed E-state index contributed by atoms with van der Waals surface area (Å²) in [6.45, 7) is 2.17. The van der Waals surface area contributed by atoms with Gasteiger partial charge in [-0.2, -0.15) is 0 Å². The molecule has 4 aliphatic rings. The molecule has 116 valence electrons. The first-order valence-electron chi connectivity index (χ1n) is 8.73. The van der Waals surface area contributed by atoms with Crippen LogP contribution in [0.15, 0.2) is 58.9 Å². The third-order valence-corrected chi connectivity index (χ3v) is 5.35. The van der Waals surface area contributed by atoms with Crippen LogP contribution in [0.5, 0.6) is 0 Å². The minimum absolute atomic E-state index is 0.394. The van der Waals surface area contributed by atoms with E-state index in [1.807, 2.05) is 0 Å². The second-order valence-corrected chi connectivity index (χ2v) is 6.81. The van der Waals surface area contributed by atoms with Crippen LogP contribution in [-0.4, -0.2) is 19.2 Å². The minimum atomic E-state index is 0.394. The van der Waals surface area contributed by atoms with E-state index in [0.29, 0.717) is 6.10 Å². The van der Waals surface area contributed by atoms with Crippen molar-refractivity contribution in [1.82, 2.24) is 5.32 Å². The van der Waals surface area contributed by atoms with Gasteiger partial charge in [0, 0.05) is 0 Å². The van der Waals surface area contributed by atoms with E-state index in [1.54, 1.807) is 16.7 Å². The molecule has 1 atom stereocenters. The topological polar surface area (TPSA) is 21.3 Å². The molecule has 1 N–H and O–H groups in total. The molecule has 0 amide bonds. The number of hydrogen-bond donors (Lipinski definition) is 1. The summed E-state index contributed by atoms with van der Waals surface area (Å²) in [6, 6.07) is 0. The Morgan fingerprint density at radius 2 is 1.91 bits per heavy atom. The summed E-state index contributed by atoms with van der Waals surface area (Å²) in [7, 11) is 0. The van der Waals surface area contributed by atoms with E-state index in [2.05, 4.69) is 41.8 Å². The first-order valence-corrected chi connectivity index (χ1v) is 8.73. The van der Waals surface area contributed by atoms with Crippen LogP contribution in [-0.2, 0) is 4.74 Å². The average molecular weight is 295 g/mol. The minimum Gasteiger partial charge on any atom is -0.491 e. The quantitative estimate of drug-likeness (QED) is 0.843. The second-order valence-electron chi connectivity index (χ2n) is 6.81. The maximum absolute atomic E-state index is 6.21. The molecule has 0 aromatic rings. The number of rotatable bonds is 3. The molecule has 1 unspecified atom stereocenters. The van der Waals surface area contributed by atoms with Gasteiger partial charge in [0.2, 0.25) is 0 Å². The highest BCUT2D eigenvalue weighted by molar-refractivity contribution is 5.42. The predicted molar refractivity (Wildman–Crippen MR) is 90.4 cm³/mol. The third kappa shape index (κ3) is 2.98. The van der Waals surface area contributed by atoms with Gasteiger partial charge in [0.15, 0.2) is 0 Å². The van der Waals surface area contributed by atoms with E-state index in [1.165, 1.54) is 19.3 Å². The summed E-state index contributed by atoms with van der Waals surface area (Å²) in [5.41, 5.74) is 4.73.